The van der Waals surface area contributed by atoms with Gasteiger partial charge >= 0.3 is 0 Å². The van der Waals surface area contributed by atoms with E-state index in [9.17, 15) is 9.59 Å². The second-order valence-corrected chi connectivity index (χ2v) is 6.40. The van der Waals surface area contributed by atoms with Crippen LogP contribution in [-0.4, -0.2) is 18.9 Å². The predicted octanol–water partition coefficient (Wildman–Crippen LogP) is 2.95. The molecule has 0 unspecified atom stereocenters. The number of hydrogen-bond acceptors (Lipinski definition) is 2. The number of aryl methyl sites for hydroxylation is 1. The van der Waals surface area contributed by atoms with E-state index in [1.165, 1.54) is 0 Å². The van der Waals surface area contributed by atoms with Crippen molar-refractivity contribution in [2.45, 2.75) is 32.7 Å². The lowest BCUT2D eigenvalue weighted by molar-refractivity contribution is -0.125. The Morgan fingerprint density at radius 1 is 1.04 bits per heavy atom. The van der Waals surface area contributed by atoms with Crippen LogP contribution in [-0.2, 0) is 16.8 Å². The minimum atomic E-state index is -0.621. The molecule has 126 valence electrons. The van der Waals surface area contributed by atoms with Crippen LogP contribution in [0.3, 0.4) is 0 Å². The third-order valence-electron chi connectivity index (χ3n) is 4.26. The first-order chi connectivity index (χ1) is 11.4. The summed E-state index contributed by atoms with van der Waals surface area (Å²) < 4.78 is 0. The zero-order valence-corrected chi connectivity index (χ0v) is 14.6. The van der Waals surface area contributed by atoms with Crippen LogP contribution >= 0.6 is 0 Å². The fourth-order valence-corrected chi connectivity index (χ4v) is 2.77. The summed E-state index contributed by atoms with van der Waals surface area (Å²) >= 11 is 0. The summed E-state index contributed by atoms with van der Waals surface area (Å²) in [7, 11) is 1.60. The lowest BCUT2D eigenvalue weighted by Crippen LogP contribution is -2.40. The highest BCUT2D eigenvalue weighted by molar-refractivity contribution is 5.94. The molecule has 0 fully saturated rings. The molecule has 0 saturated carbocycles. The molecule has 4 nitrogen and oxygen atoms in total. The molecule has 2 aromatic rings. The van der Waals surface area contributed by atoms with Gasteiger partial charge in [0.15, 0.2) is 0 Å². The molecular formula is C20H24N2O2. The van der Waals surface area contributed by atoms with Crippen LogP contribution in [0, 0.1) is 6.92 Å². The average molecular weight is 324 g/mol. The van der Waals surface area contributed by atoms with Crippen LogP contribution in [0.25, 0.3) is 0 Å². The van der Waals surface area contributed by atoms with Gasteiger partial charge in [-0.2, -0.15) is 0 Å². The van der Waals surface area contributed by atoms with E-state index in [4.69, 9.17) is 0 Å². The number of amides is 2. The Morgan fingerprint density at radius 3 is 2.42 bits per heavy atom. The molecule has 4 heteroatoms. The summed E-state index contributed by atoms with van der Waals surface area (Å²) in [5.41, 5.74) is 2.97. The second-order valence-electron chi connectivity index (χ2n) is 6.40. The number of hydrogen-bond donors (Lipinski definition) is 2. The highest BCUT2D eigenvalue weighted by atomic mass is 16.2. The van der Waals surface area contributed by atoms with Crippen LogP contribution in [0.4, 0.5) is 0 Å². The summed E-state index contributed by atoms with van der Waals surface area (Å²) in [5.74, 6) is -0.175. The standard InChI is InChI=1S/C20H24N2O2/c1-14-8-5-6-11-17(14)20(2,3)19(24)22-13-15-9-7-10-16(12-15)18(23)21-4/h5-12H,13H2,1-4H3,(H,21,23)(H,22,24). The van der Waals surface area contributed by atoms with E-state index < -0.39 is 5.41 Å². The summed E-state index contributed by atoms with van der Waals surface area (Å²) in [5, 5.41) is 5.58. The van der Waals surface area contributed by atoms with Gasteiger partial charge in [0.25, 0.3) is 5.91 Å². The average Bonchev–Trinajstić information content (AvgIpc) is 2.59. The first-order valence-corrected chi connectivity index (χ1v) is 8.01. The van der Waals surface area contributed by atoms with Crippen molar-refractivity contribution in [2.75, 3.05) is 7.05 Å². The van der Waals surface area contributed by atoms with Gasteiger partial charge in [-0.1, -0.05) is 36.4 Å². The fourth-order valence-electron chi connectivity index (χ4n) is 2.77. The van der Waals surface area contributed by atoms with Gasteiger partial charge in [-0.05, 0) is 49.6 Å². The van der Waals surface area contributed by atoms with Crippen LogP contribution in [0.1, 0.15) is 40.9 Å². The van der Waals surface area contributed by atoms with Gasteiger partial charge in [0, 0.05) is 19.2 Å². The summed E-state index contributed by atoms with van der Waals surface area (Å²) in [6.45, 7) is 6.24. The molecule has 0 aliphatic heterocycles. The Balaban J connectivity index is 2.10. The minimum absolute atomic E-state index is 0.0397. The normalized spacial score (nSPS) is 11.0. The molecular weight excluding hydrogens is 300 g/mol. The van der Waals surface area contributed by atoms with E-state index in [1.807, 2.05) is 57.2 Å². The maximum Gasteiger partial charge on any atom is 0.251 e. The Bertz CT molecular complexity index is 751. The van der Waals surface area contributed by atoms with E-state index in [2.05, 4.69) is 10.6 Å². The van der Waals surface area contributed by atoms with E-state index in [0.717, 1.165) is 16.7 Å². The van der Waals surface area contributed by atoms with Crippen LogP contribution in [0.2, 0.25) is 0 Å². The van der Waals surface area contributed by atoms with Gasteiger partial charge < -0.3 is 10.6 Å². The van der Waals surface area contributed by atoms with Crippen molar-refractivity contribution in [2.24, 2.45) is 0 Å². The molecule has 0 heterocycles. The molecule has 0 aliphatic rings. The maximum atomic E-state index is 12.7. The molecule has 0 bridgehead atoms. The highest BCUT2D eigenvalue weighted by Gasteiger charge is 2.30. The van der Waals surface area contributed by atoms with E-state index >= 15 is 0 Å². The van der Waals surface area contributed by atoms with Crippen molar-refractivity contribution in [3.63, 3.8) is 0 Å². The fraction of sp³-hybridized carbons (Fsp3) is 0.300. The first kappa shape index (κ1) is 17.7. The highest BCUT2D eigenvalue weighted by Crippen LogP contribution is 2.26. The third kappa shape index (κ3) is 3.82. The molecule has 2 rings (SSSR count). The molecule has 0 radical (unpaired) electrons. The third-order valence-corrected chi connectivity index (χ3v) is 4.26. The zero-order valence-electron chi connectivity index (χ0n) is 14.6. The topological polar surface area (TPSA) is 58.2 Å². The molecule has 0 saturated heterocycles. The second kappa shape index (κ2) is 7.30. The van der Waals surface area contributed by atoms with Gasteiger partial charge in [0.05, 0.1) is 5.41 Å². The quantitative estimate of drug-likeness (QED) is 0.888. The smallest absolute Gasteiger partial charge is 0.251 e. The molecule has 0 spiro atoms. The molecule has 2 amide bonds. The van der Waals surface area contributed by atoms with Gasteiger partial charge in [-0.25, -0.2) is 0 Å². The van der Waals surface area contributed by atoms with Gasteiger partial charge in [-0.3, -0.25) is 9.59 Å². The molecule has 24 heavy (non-hydrogen) atoms. The summed E-state index contributed by atoms with van der Waals surface area (Å²) in [6, 6.07) is 15.2. The van der Waals surface area contributed by atoms with E-state index in [0.29, 0.717) is 12.1 Å². The lowest BCUT2D eigenvalue weighted by Gasteiger charge is -2.26. The zero-order chi connectivity index (χ0) is 17.7. The Kier molecular flexibility index (Phi) is 5.39. The summed E-state index contributed by atoms with van der Waals surface area (Å²) in [4.78, 5) is 24.4. The monoisotopic (exact) mass is 324 g/mol. The predicted molar refractivity (Wildman–Crippen MR) is 95.9 cm³/mol. The summed E-state index contributed by atoms with van der Waals surface area (Å²) in [6.07, 6.45) is 0. The maximum absolute atomic E-state index is 12.7. The Morgan fingerprint density at radius 2 is 1.75 bits per heavy atom. The van der Waals surface area contributed by atoms with Crippen molar-refractivity contribution in [1.82, 2.24) is 10.6 Å². The van der Waals surface area contributed by atoms with Gasteiger partial charge in [0.1, 0.15) is 0 Å². The molecule has 0 aliphatic carbocycles. The van der Waals surface area contributed by atoms with E-state index in [1.54, 1.807) is 19.2 Å². The van der Waals surface area contributed by atoms with Crippen molar-refractivity contribution >= 4 is 11.8 Å². The Labute approximate surface area is 143 Å². The molecule has 2 N–H and O–H groups in total. The number of carbonyl (C=O) groups is 2. The number of benzene rings is 2. The number of rotatable bonds is 5. The number of nitrogens with one attached hydrogen (secondary N) is 2. The lowest BCUT2D eigenvalue weighted by atomic mass is 9.81. The molecule has 0 aromatic heterocycles. The first-order valence-electron chi connectivity index (χ1n) is 8.01. The van der Waals surface area contributed by atoms with Crippen molar-refractivity contribution in [1.29, 1.82) is 0 Å². The van der Waals surface area contributed by atoms with Gasteiger partial charge in [0.2, 0.25) is 5.91 Å². The van der Waals surface area contributed by atoms with Gasteiger partial charge in [-0.15, -0.1) is 0 Å². The molecule has 0 atom stereocenters. The minimum Gasteiger partial charge on any atom is -0.355 e. The van der Waals surface area contributed by atoms with Crippen molar-refractivity contribution in [3.05, 3.63) is 70.8 Å². The molecule has 2 aromatic carbocycles. The Hall–Kier alpha value is -2.62. The number of carbonyl (C=O) groups excluding carboxylic acids is 2. The van der Waals surface area contributed by atoms with Crippen LogP contribution in [0.5, 0.6) is 0 Å². The van der Waals surface area contributed by atoms with E-state index in [-0.39, 0.29) is 11.8 Å². The van der Waals surface area contributed by atoms with Crippen molar-refractivity contribution < 1.29 is 9.59 Å². The van der Waals surface area contributed by atoms with Crippen LogP contribution < -0.4 is 10.6 Å². The SMILES string of the molecule is CNC(=O)c1cccc(CNC(=O)C(C)(C)c2ccccc2C)c1. The largest absolute Gasteiger partial charge is 0.355 e. The van der Waals surface area contributed by atoms with Crippen LogP contribution in [0.15, 0.2) is 48.5 Å². The van der Waals surface area contributed by atoms with Crippen molar-refractivity contribution in [3.8, 4) is 0 Å².